The number of nitrogen functional groups attached to an aromatic ring is 1. The summed E-state index contributed by atoms with van der Waals surface area (Å²) < 4.78 is 18.0. The average Bonchev–Trinajstić information content (AvgIpc) is 2.71. The lowest BCUT2D eigenvalue weighted by molar-refractivity contribution is 0.365. The van der Waals surface area contributed by atoms with Gasteiger partial charge < -0.3 is 10.3 Å². The van der Waals surface area contributed by atoms with Gasteiger partial charge in [-0.3, -0.25) is 0 Å². The third-order valence-electron chi connectivity index (χ3n) is 2.19. The summed E-state index contributed by atoms with van der Waals surface area (Å²) in [6, 6.07) is 4.35. The largest absolute Gasteiger partial charge is 0.396 e. The van der Waals surface area contributed by atoms with E-state index in [1.807, 2.05) is 13.8 Å². The van der Waals surface area contributed by atoms with Crippen molar-refractivity contribution in [1.29, 1.82) is 0 Å². The molecule has 0 amide bonds. The van der Waals surface area contributed by atoms with Crippen LogP contribution in [0.3, 0.4) is 0 Å². The van der Waals surface area contributed by atoms with Crippen LogP contribution in [0.5, 0.6) is 0 Å². The Morgan fingerprint density at radius 3 is 2.69 bits per heavy atom. The summed E-state index contributed by atoms with van der Waals surface area (Å²) in [5, 5.41) is 3.81. The molecule has 0 aliphatic heterocycles. The van der Waals surface area contributed by atoms with Crippen LogP contribution in [0.4, 0.5) is 10.1 Å². The van der Waals surface area contributed by atoms with Crippen LogP contribution in [0.2, 0.25) is 0 Å². The zero-order valence-corrected chi connectivity index (χ0v) is 9.07. The summed E-state index contributed by atoms with van der Waals surface area (Å²) in [5.74, 6) is 0.698. The summed E-state index contributed by atoms with van der Waals surface area (Å²) in [6.07, 6.45) is 0. The van der Waals surface area contributed by atoms with E-state index >= 15 is 0 Å². The number of benzene rings is 1. The molecule has 84 valence electrons. The van der Waals surface area contributed by atoms with Gasteiger partial charge in [0.15, 0.2) is 0 Å². The molecule has 0 fully saturated rings. The lowest BCUT2D eigenvalue weighted by atomic mass is 10.2. The van der Waals surface area contributed by atoms with Crippen LogP contribution >= 0.6 is 0 Å². The molecule has 5 heteroatoms. The average molecular weight is 221 g/mol. The molecule has 0 saturated carbocycles. The van der Waals surface area contributed by atoms with Crippen LogP contribution in [-0.2, 0) is 0 Å². The highest BCUT2D eigenvalue weighted by Gasteiger charge is 2.12. The second-order valence-electron chi connectivity index (χ2n) is 3.85. The highest BCUT2D eigenvalue weighted by Crippen LogP contribution is 2.22. The Labute approximate surface area is 92.3 Å². The third kappa shape index (κ3) is 1.88. The molecule has 16 heavy (non-hydrogen) atoms. The Bertz CT molecular complexity index is 508. The lowest BCUT2D eigenvalue weighted by Gasteiger charge is -1.98. The first-order valence-corrected chi connectivity index (χ1v) is 4.97. The van der Waals surface area contributed by atoms with Crippen LogP contribution in [0.1, 0.15) is 25.7 Å². The molecular formula is C11H12FN3O. The van der Waals surface area contributed by atoms with E-state index in [0.29, 0.717) is 17.3 Å². The van der Waals surface area contributed by atoms with E-state index in [2.05, 4.69) is 10.1 Å². The van der Waals surface area contributed by atoms with Crippen molar-refractivity contribution in [2.75, 3.05) is 5.73 Å². The summed E-state index contributed by atoms with van der Waals surface area (Å²) in [7, 11) is 0. The minimum absolute atomic E-state index is 0.0772. The van der Waals surface area contributed by atoms with Gasteiger partial charge in [-0.2, -0.15) is 4.98 Å². The van der Waals surface area contributed by atoms with Crippen LogP contribution < -0.4 is 5.73 Å². The topological polar surface area (TPSA) is 64.9 Å². The van der Waals surface area contributed by atoms with Gasteiger partial charge in [0.25, 0.3) is 0 Å². The van der Waals surface area contributed by atoms with Gasteiger partial charge >= 0.3 is 0 Å². The quantitative estimate of drug-likeness (QED) is 0.791. The van der Waals surface area contributed by atoms with Gasteiger partial charge in [0, 0.05) is 11.5 Å². The molecule has 0 unspecified atom stereocenters. The molecule has 0 spiro atoms. The molecule has 1 aromatic heterocycles. The predicted octanol–water partition coefficient (Wildman–Crippen LogP) is 2.58. The molecule has 2 rings (SSSR count). The van der Waals surface area contributed by atoms with Crippen molar-refractivity contribution in [3.8, 4) is 11.4 Å². The second-order valence-corrected chi connectivity index (χ2v) is 3.85. The van der Waals surface area contributed by atoms with E-state index in [4.69, 9.17) is 10.3 Å². The maximum absolute atomic E-state index is 13.0. The van der Waals surface area contributed by atoms with Gasteiger partial charge in [0.05, 0.1) is 5.69 Å². The molecule has 0 radical (unpaired) electrons. The van der Waals surface area contributed by atoms with Crippen molar-refractivity contribution in [1.82, 2.24) is 10.1 Å². The molecule has 1 heterocycles. The van der Waals surface area contributed by atoms with Gasteiger partial charge in [0.2, 0.25) is 11.7 Å². The van der Waals surface area contributed by atoms with Crippen molar-refractivity contribution in [3.05, 3.63) is 29.9 Å². The van der Waals surface area contributed by atoms with Gasteiger partial charge in [-0.05, 0) is 18.2 Å². The maximum atomic E-state index is 13.0. The standard InChI is InChI=1S/C11H12FN3O/c1-6(2)11-14-10(15-16-11)7-3-4-8(12)9(13)5-7/h3-6H,13H2,1-2H3. The number of nitrogens with zero attached hydrogens (tertiary/aromatic N) is 2. The Morgan fingerprint density at radius 2 is 2.12 bits per heavy atom. The Balaban J connectivity index is 2.39. The van der Waals surface area contributed by atoms with Gasteiger partial charge in [-0.1, -0.05) is 19.0 Å². The van der Waals surface area contributed by atoms with Crippen molar-refractivity contribution >= 4 is 5.69 Å². The highest BCUT2D eigenvalue weighted by atomic mass is 19.1. The van der Waals surface area contributed by atoms with Crippen LogP contribution in [0, 0.1) is 5.82 Å². The summed E-state index contributed by atoms with van der Waals surface area (Å²) in [6.45, 7) is 3.91. The van der Waals surface area contributed by atoms with E-state index in [-0.39, 0.29) is 11.6 Å². The molecule has 0 saturated heterocycles. The van der Waals surface area contributed by atoms with Gasteiger partial charge in [-0.15, -0.1) is 0 Å². The molecule has 0 atom stereocenters. The number of halogens is 1. The smallest absolute Gasteiger partial charge is 0.229 e. The number of aromatic nitrogens is 2. The summed E-state index contributed by atoms with van der Waals surface area (Å²) >= 11 is 0. The molecule has 2 aromatic rings. The van der Waals surface area contributed by atoms with Crippen molar-refractivity contribution in [2.24, 2.45) is 0 Å². The van der Waals surface area contributed by atoms with Crippen LogP contribution in [-0.4, -0.2) is 10.1 Å². The van der Waals surface area contributed by atoms with E-state index in [0.717, 1.165) is 0 Å². The minimum Gasteiger partial charge on any atom is -0.396 e. The molecule has 2 N–H and O–H groups in total. The predicted molar refractivity (Wildman–Crippen MR) is 58.2 cm³/mol. The van der Waals surface area contributed by atoms with E-state index in [1.54, 1.807) is 6.07 Å². The van der Waals surface area contributed by atoms with Crippen LogP contribution in [0.15, 0.2) is 22.7 Å². The van der Waals surface area contributed by atoms with Gasteiger partial charge in [-0.25, -0.2) is 4.39 Å². The number of nitrogens with two attached hydrogens (primary N) is 1. The molecule has 1 aromatic carbocycles. The SMILES string of the molecule is CC(C)c1nc(-c2ccc(F)c(N)c2)no1. The number of hydrogen-bond acceptors (Lipinski definition) is 4. The molecular weight excluding hydrogens is 209 g/mol. The zero-order chi connectivity index (χ0) is 11.7. The second kappa shape index (κ2) is 3.92. The highest BCUT2D eigenvalue weighted by molar-refractivity contribution is 5.60. The summed E-state index contributed by atoms with van der Waals surface area (Å²) in [4.78, 5) is 4.19. The number of hydrogen-bond donors (Lipinski definition) is 1. The van der Waals surface area contributed by atoms with Crippen molar-refractivity contribution < 1.29 is 8.91 Å². The molecule has 4 nitrogen and oxygen atoms in total. The van der Waals surface area contributed by atoms with Crippen molar-refractivity contribution in [3.63, 3.8) is 0 Å². The Morgan fingerprint density at radius 1 is 1.38 bits per heavy atom. The van der Waals surface area contributed by atoms with Crippen molar-refractivity contribution in [2.45, 2.75) is 19.8 Å². The van der Waals surface area contributed by atoms with E-state index in [1.165, 1.54) is 12.1 Å². The Kier molecular flexibility index (Phi) is 2.60. The van der Waals surface area contributed by atoms with Crippen LogP contribution in [0.25, 0.3) is 11.4 Å². The monoisotopic (exact) mass is 221 g/mol. The minimum atomic E-state index is -0.448. The first kappa shape index (κ1) is 10.6. The Hall–Kier alpha value is -1.91. The fourth-order valence-corrected chi connectivity index (χ4v) is 1.27. The number of anilines is 1. The summed E-state index contributed by atoms with van der Waals surface area (Å²) in [5.41, 5.74) is 6.19. The molecule has 0 aliphatic rings. The third-order valence-corrected chi connectivity index (χ3v) is 2.19. The lowest BCUT2D eigenvalue weighted by Crippen LogP contribution is -1.92. The molecule has 0 bridgehead atoms. The van der Waals surface area contributed by atoms with Gasteiger partial charge in [0.1, 0.15) is 5.82 Å². The fraction of sp³-hybridized carbons (Fsp3) is 0.273. The maximum Gasteiger partial charge on any atom is 0.229 e. The van der Waals surface area contributed by atoms with E-state index in [9.17, 15) is 4.39 Å². The first-order valence-electron chi connectivity index (χ1n) is 4.97. The normalized spacial score (nSPS) is 11.0. The first-order chi connectivity index (χ1) is 7.58. The number of rotatable bonds is 2. The fourth-order valence-electron chi connectivity index (χ4n) is 1.27. The molecule has 0 aliphatic carbocycles. The zero-order valence-electron chi connectivity index (χ0n) is 9.07. The van der Waals surface area contributed by atoms with E-state index < -0.39 is 5.82 Å².